The zero-order chi connectivity index (χ0) is 9.23. The minimum Gasteiger partial charge on any atom is -0.313 e. The maximum Gasteiger partial charge on any atom is 0.0243 e. The fraction of sp³-hybridized carbons (Fsp3) is 0.800. The van der Waals surface area contributed by atoms with Crippen LogP contribution in [0.4, 0.5) is 0 Å². The van der Waals surface area contributed by atoms with Crippen LogP contribution < -0.4 is 5.32 Å². The Labute approximate surface area is 80.7 Å². The first-order valence-corrected chi connectivity index (χ1v) is 5.86. The molecule has 0 saturated carbocycles. The lowest BCUT2D eigenvalue weighted by atomic mass is 10.1. The summed E-state index contributed by atoms with van der Waals surface area (Å²) in [7, 11) is 0. The van der Waals surface area contributed by atoms with E-state index in [0.29, 0.717) is 6.04 Å². The van der Waals surface area contributed by atoms with Gasteiger partial charge in [-0.05, 0) is 31.9 Å². The van der Waals surface area contributed by atoms with Crippen LogP contribution in [0.15, 0.2) is 0 Å². The van der Waals surface area contributed by atoms with E-state index in [1.165, 1.54) is 12.2 Å². The molecular weight excluding hydrogens is 166 g/mol. The van der Waals surface area contributed by atoms with Gasteiger partial charge in [0.05, 0.1) is 0 Å². The number of nitrogens with one attached hydrogen (secondary N) is 1. The van der Waals surface area contributed by atoms with Gasteiger partial charge in [0.2, 0.25) is 0 Å². The van der Waals surface area contributed by atoms with Gasteiger partial charge in [-0.15, -0.1) is 11.8 Å². The van der Waals surface area contributed by atoms with Crippen LogP contribution in [0.5, 0.6) is 0 Å². The molecule has 0 bridgehead atoms. The first-order valence-electron chi connectivity index (χ1n) is 4.47. The molecule has 1 unspecified atom stereocenters. The summed E-state index contributed by atoms with van der Waals surface area (Å²) >= 11 is 1.90. The largest absolute Gasteiger partial charge is 0.313 e. The molecule has 0 aromatic rings. The Morgan fingerprint density at radius 2 is 2.25 bits per heavy atom. The summed E-state index contributed by atoms with van der Waals surface area (Å²) < 4.78 is 0. The summed E-state index contributed by atoms with van der Waals surface area (Å²) in [5.74, 6) is 7.28. The van der Waals surface area contributed by atoms with Gasteiger partial charge in [0.25, 0.3) is 0 Å². The first kappa shape index (κ1) is 11.9. The van der Waals surface area contributed by atoms with Crippen molar-refractivity contribution in [1.29, 1.82) is 0 Å². The van der Waals surface area contributed by atoms with Crippen molar-refractivity contribution >= 4 is 11.8 Å². The fourth-order valence-electron chi connectivity index (χ4n) is 1.05. The molecule has 1 atom stereocenters. The number of hydrogen-bond acceptors (Lipinski definition) is 2. The lowest BCUT2D eigenvalue weighted by molar-refractivity contribution is 0.527. The second-order valence-corrected chi connectivity index (χ2v) is 3.65. The molecule has 0 saturated heterocycles. The fourth-order valence-corrected chi connectivity index (χ4v) is 1.57. The highest BCUT2D eigenvalue weighted by atomic mass is 32.2. The van der Waals surface area contributed by atoms with Gasteiger partial charge in [-0.3, -0.25) is 0 Å². The second kappa shape index (κ2) is 8.96. The molecule has 1 N–H and O–H groups in total. The summed E-state index contributed by atoms with van der Waals surface area (Å²) in [5, 5.41) is 3.44. The summed E-state index contributed by atoms with van der Waals surface area (Å²) in [6.45, 7) is 5.09. The normalized spacial score (nSPS) is 11.9. The summed E-state index contributed by atoms with van der Waals surface area (Å²) in [6, 6.07) is 0.592. The Morgan fingerprint density at radius 3 is 2.75 bits per heavy atom. The summed E-state index contributed by atoms with van der Waals surface area (Å²) in [6.07, 6.45) is 4.36. The lowest BCUT2D eigenvalue weighted by Gasteiger charge is -2.13. The zero-order valence-corrected chi connectivity index (χ0v) is 9.13. The van der Waals surface area contributed by atoms with Crippen LogP contribution >= 0.6 is 11.8 Å². The molecule has 0 aliphatic carbocycles. The highest BCUT2D eigenvalue weighted by Gasteiger charge is 2.03. The Hall–Kier alpha value is -0.130. The Morgan fingerprint density at radius 1 is 1.50 bits per heavy atom. The SMILES string of the molecule is CC#CCC(CCSC)NCC. The third kappa shape index (κ3) is 6.57. The van der Waals surface area contributed by atoms with E-state index < -0.39 is 0 Å². The summed E-state index contributed by atoms with van der Waals surface area (Å²) in [5.41, 5.74) is 0. The van der Waals surface area contributed by atoms with Gasteiger partial charge in [0.15, 0.2) is 0 Å². The highest BCUT2D eigenvalue weighted by Crippen LogP contribution is 2.03. The second-order valence-electron chi connectivity index (χ2n) is 2.67. The van der Waals surface area contributed by atoms with Gasteiger partial charge in [-0.25, -0.2) is 0 Å². The van der Waals surface area contributed by atoms with E-state index in [9.17, 15) is 0 Å². The Bertz CT molecular complexity index is 146. The van der Waals surface area contributed by atoms with Crippen molar-refractivity contribution in [3.8, 4) is 11.8 Å². The van der Waals surface area contributed by atoms with Crippen molar-refractivity contribution in [2.45, 2.75) is 32.7 Å². The summed E-state index contributed by atoms with van der Waals surface area (Å²) in [4.78, 5) is 0. The van der Waals surface area contributed by atoms with E-state index in [0.717, 1.165) is 13.0 Å². The molecule has 0 aromatic carbocycles. The molecule has 0 fully saturated rings. The predicted octanol–water partition coefficient (Wildman–Crippen LogP) is 2.13. The smallest absolute Gasteiger partial charge is 0.0243 e. The Kier molecular flexibility index (Phi) is 8.86. The maximum absolute atomic E-state index is 3.44. The predicted molar refractivity (Wildman–Crippen MR) is 58.5 cm³/mol. The van der Waals surface area contributed by atoms with Crippen molar-refractivity contribution in [3.63, 3.8) is 0 Å². The zero-order valence-electron chi connectivity index (χ0n) is 8.31. The first-order chi connectivity index (χ1) is 5.85. The molecule has 0 spiro atoms. The molecule has 0 rings (SSSR count). The molecule has 1 nitrogen and oxygen atoms in total. The topological polar surface area (TPSA) is 12.0 Å². The van der Waals surface area contributed by atoms with Gasteiger partial charge in [-0.2, -0.15) is 11.8 Å². The van der Waals surface area contributed by atoms with Crippen LogP contribution in [0.3, 0.4) is 0 Å². The molecule has 2 heteroatoms. The molecular formula is C10H19NS. The van der Waals surface area contributed by atoms with Crippen molar-refractivity contribution in [3.05, 3.63) is 0 Å². The molecule has 0 amide bonds. The van der Waals surface area contributed by atoms with Crippen LogP contribution in [0.1, 0.15) is 26.7 Å². The van der Waals surface area contributed by atoms with Crippen LogP contribution in [-0.2, 0) is 0 Å². The van der Waals surface area contributed by atoms with E-state index in [4.69, 9.17) is 0 Å². The standard InChI is InChI=1S/C10H19NS/c1-4-6-7-10(11-5-2)8-9-12-3/h10-11H,5,7-9H2,1-3H3. The van der Waals surface area contributed by atoms with Gasteiger partial charge in [-0.1, -0.05) is 6.92 Å². The van der Waals surface area contributed by atoms with E-state index in [2.05, 4.69) is 30.3 Å². The third-order valence-electron chi connectivity index (χ3n) is 1.69. The molecule has 0 radical (unpaired) electrons. The van der Waals surface area contributed by atoms with E-state index in [-0.39, 0.29) is 0 Å². The van der Waals surface area contributed by atoms with E-state index >= 15 is 0 Å². The number of hydrogen-bond donors (Lipinski definition) is 1. The van der Waals surface area contributed by atoms with Crippen molar-refractivity contribution in [2.75, 3.05) is 18.6 Å². The van der Waals surface area contributed by atoms with Crippen LogP contribution in [0.25, 0.3) is 0 Å². The van der Waals surface area contributed by atoms with Crippen molar-refractivity contribution in [1.82, 2.24) is 5.32 Å². The lowest BCUT2D eigenvalue weighted by Crippen LogP contribution is -2.28. The van der Waals surface area contributed by atoms with Gasteiger partial charge >= 0.3 is 0 Å². The van der Waals surface area contributed by atoms with Crippen molar-refractivity contribution in [2.24, 2.45) is 0 Å². The maximum atomic E-state index is 3.44. The molecule has 12 heavy (non-hydrogen) atoms. The number of thioether (sulfide) groups is 1. The number of rotatable bonds is 6. The monoisotopic (exact) mass is 185 g/mol. The average molecular weight is 185 g/mol. The molecule has 0 aromatic heterocycles. The van der Waals surface area contributed by atoms with Gasteiger partial charge in [0.1, 0.15) is 0 Å². The molecule has 0 aliphatic rings. The molecule has 0 heterocycles. The van der Waals surface area contributed by atoms with Gasteiger partial charge < -0.3 is 5.32 Å². The molecule has 0 aliphatic heterocycles. The van der Waals surface area contributed by atoms with Crippen LogP contribution in [-0.4, -0.2) is 24.6 Å². The quantitative estimate of drug-likeness (QED) is 0.636. The molecule has 70 valence electrons. The minimum atomic E-state index is 0.592. The highest BCUT2D eigenvalue weighted by molar-refractivity contribution is 7.98. The van der Waals surface area contributed by atoms with E-state index in [1.54, 1.807) is 0 Å². The Balaban J connectivity index is 3.58. The third-order valence-corrected chi connectivity index (χ3v) is 2.33. The van der Waals surface area contributed by atoms with Crippen molar-refractivity contribution < 1.29 is 0 Å². The van der Waals surface area contributed by atoms with Crippen LogP contribution in [0, 0.1) is 11.8 Å². The van der Waals surface area contributed by atoms with Crippen LogP contribution in [0.2, 0.25) is 0 Å². The average Bonchev–Trinajstić information content (AvgIpc) is 2.10. The van der Waals surface area contributed by atoms with E-state index in [1.807, 2.05) is 18.7 Å². The van der Waals surface area contributed by atoms with Gasteiger partial charge in [0, 0.05) is 12.5 Å². The minimum absolute atomic E-state index is 0.592.